The Morgan fingerprint density at radius 2 is 1.88 bits per heavy atom. The lowest BCUT2D eigenvalue weighted by Gasteiger charge is -2.13. The lowest BCUT2D eigenvalue weighted by molar-refractivity contribution is -0.790. The largest absolute Gasteiger partial charge is 0.312 e. The third-order valence-electron chi connectivity index (χ3n) is 1.80. The standard InChI is InChI=1S/C8H15N2O6/c1-7(2)4-3-5-8(16-10(13)14)6-15-9(11)12/h8H,3-6H2,1-2H3/t8-/m0/s1. The minimum Gasteiger partial charge on any atom is -0.312 e. The van der Waals surface area contributed by atoms with Gasteiger partial charge in [-0.05, 0) is 18.8 Å². The molecule has 0 rings (SSSR count). The Bertz CT molecular complexity index is 233. The summed E-state index contributed by atoms with van der Waals surface area (Å²) in [6.07, 6.45) is 0.928. The van der Waals surface area contributed by atoms with E-state index < -0.39 is 22.9 Å². The van der Waals surface area contributed by atoms with Crippen LogP contribution in [0.15, 0.2) is 0 Å². The summed E-state index contributed by atoms with van der Waals surface area (Å²) in [6, 6.07) is 0. The third kappa shape index (κ3) is 8.97. The highest BCUT2D eigenvalue weighted by atomic mass is 17.0. The van der Waals surface area contributed by atoms with Crippen molar-refractivity contribution in [2.24, 2.45) is 0 Å². The van der Waals surface area contributed by atoms with Crippen molar-refractivity contribution in [3.8, 4) is 0 Å². The number of nitrogens with zero attached hydrogens (tertiary/aromatic N) is 2. The molecule has 0 fully saturated rings. The van der Waals surface area contributed by atoms with E-state index in [0.29, 0.717) is 12.8 Å². The molecule has 0 aliphatic heterocycles. The van der Waals surface area contributed by atoms with Gasteiger partial charge in [0.25, 0.3) is 10.2 Å². The SMILES string of the molecule is C[C](C)CCC[C@@H](CO[N+](=O)[O-])O[N+](=O)[O-]. The molecular weight excluding hydrogens is 220 g/mol. The number of hydrogen-bond acceptors (Lipinski definition) is 6. The Morgan fingerprint density at radius 1 is 1.25 bits per heavy atom. The second kappa shape index (κ2) is 7.66. The molecule has 0 unspecified atom stereocenters. The molecule has 16 heavy (non-hydrogen) atoms. The molecule has 8 heteroatoms. The smallest absolute Gasteiger partial charge is 0.294 e. The molecule has 0 aromatic rings. The molecule has 0 aliphatic rings. The van der Waals surface area contributed by atoms with Gasteiger partial charge in [0.05, 0.1) is 0 Å². The Morgan fingerprint density at radius 3 is 2.31 bits per heavy atom. The van der Waals surface area contributed by atoms with Gasteiger partial charge in [-0.15, -0.1) is 20.2 Å². The van der Waals surface area contributed by atoms with E-state index in [2.05, 4.69) is 9.68 Å². The van der Waals surface area contributed by atoms with Gasteiger partial charge in [0.2, 0.25) is 0 Å². The average Bonchev–Trinajstić information content (AvgIpc) is 2.12. The van der Waals surface area contributed by atoms with Crippen LogP contribution in [0.4, 0.5) is 0 Å². The molecule has 0 saturated heterocycles. The van der Waals surface area contributed by atoms with Gasteiger partial charge in [0.1, 0.15) is 12.7 Å². The van der Waals surface area contributed by atoms with Crippen LogP contribution in [0.25, 0.3) is 0 Å². The van der Waals surface area contributed by atoms with Crippen molar-refractivity contribution < 1.29 is 19.8 Å². The third-order valence-corrected chi connectivity index (χ3v) is 1.80. The van der Waals surface area contributed by atoms with Crippen molar-refractivity contribution >= 4 is 0 Å². The van der Waals surface area contributed by atoms with E-state index in [9.17, 15) is 20.2 Å². The zero-order valence-corrected chi connectivity index (χ0v) is 9.25. The minimum atomic E-state index is -0.993. The summed E-state index contributed by atoms with van der Waals surface area (Å²) in [6.45, 7) is 3.46. The van der Waals surface area contributed by atoms with Crippen molar-refractivity contribution in [1.29, 1.82) is 0 Å². The molecular formula is C8H15N2O6. The van der Waals surface area contributed by atoms with Crippen LogP contribution in [0.3, 0.4) is 0 Å². The zero-order chi connectivity index (χ0) is 12.6. The predicted octanol–water partition coefficient (Wildman–Crippen LogP) is 1.56. The second-order valence-electron chi connectivity index (χ2n) is 3.57. The first kappa shape index (κ1) is 14.4. The van der Waals surface area contributed by atoms with Crippen molar-refractivity contribution in [3.63, 3.8) is 0 Å². The lowest BCUT2D eigenvalue weighted by Crippen LogP contribution is -2.24. The summed E-state index contributed by atoms with van der Waals surface area (Å²) in [7, 11) is 0. The molecule has 0 aromatic heterocycles. The summed E-state index contributed by atoms with van der Waals surface area (Å²) < 4.78 is 0. The van der Waals surface area contributed by atoms with Crippen molar-refractivity contribution in [3.05, 3.63) is 26.1 Å². The molecule has 0 saturated carbocycles. The summed E-state index contributed by atoms with van der Waals surface area (Å²) in [5, 5.41) is 18.1. The van der Waals surface area contributed by atoms with E-state index in [1.165, 1.54) is 5.92 Å². The van der Waals surface area contributed by atoms with Gasteiger partial charge < -0.3 is 9.68 Å². The topological polar surface area (TPSA) is 105 Å². The Hall–Kier alpha value is -1.60. The van der Waals surface area contributed by atoms with Crippen molar-refractivity contribution in [1.82, 2.24) is 0 Å². The molecule has 0 aliphatic carbocycles. The normalized spacial score (nSPS) is 12.2. The maximum absolute atomic E-state index is 10.1. The molecule has 8 nitrogen and oxygen atoms in total. The second-order valence-corrected chi connectivity index (χ2v) is 3.57. The molecule has 0 amide bonds. The predicted molar refractivity (Wildman–Crippen MR) is 53.3 cm³/mol. The zero-order valence-electron chi connectivity index (χ0n) is 9.25. The van der Waals surface area contributed by atoms with Gasteiger partial charge in [-0.2, -0.15) is 0 Å². The molecule has 0 bridgehead atoms. The van der Waals surface area contributed by atoms with E-state index in [-0.39, 0.29) is 0 Å². The van der Waals surface area contributed by atoms with Gasteiger partial charge in [-0.1, -0.05) is 20.3 Å². The molecule has 0 spiro atoms. The van der Waals surface area contributed by atoms with Gasteiger partial charge in [-0.25, -0.2) is 0 Å². The molecule has 1 radical (unpaired) electrons. The maximum atomic E-state index is 10.1. The summed E-state index contributed by atoms with van der Waals surface area (Å²) >= 11 is 0. The fraction of sp³-hybridized carbons (Fsp3) is 0.875. The van der Waals surface area contributed by atoms with Crippen LogP contribution < -0.4 is 0 Å². The van der Waals surface area contributed by atoms with Gasteiger partial charge >= 0.3 is 0 Å². The summed E-state index contributed by atoms with van der Waals surface area (Å²) in [5.41, 5.74) is 0. The van der Waals surface area contributed by atoms with Crippen LogP contribution in [0, 0.1) is 26.1 Å². The molecule has 0 heterocycles. The quantitative estimate of drug-likeness (QED) is 0.443. The van der Waals surface area contributed by atoms with Crippen LogP contribution in [0.5, 0.6) is 0 Å². The average molecular weight is 235 g/mol. The Kier molecular flexibility index (Phi) is 6.89. The highest BCUT2D eigenvalue weighted by molar-refractivity contribution is 4.76. The van der Waals surface area contributed by atoms with E-state index in [1.807, 2.05) is 13.8 Å². The van der Waals surface area contributed by atoms with Crippen LogP contribution in [-0.4, -0.2) is 22.9 Å². The first-order valence-corrected chi connectivity index (χ1v) is 4.79. The van der Waals surface area contributed by atoms with Crippen LogP contribution in [0.2, 0.25) is 0 Å². The van der Waals surface area contributed by atoms with Crippen LogP contribution >= 0.6 is 0 Å². The first-order valence-electron chi connectivity index (χ1n) is 4.79. The fourth-order valence-electron chi connectivity index (χ4n) is 1.12. The van der Waals surface area contributed by atoms with Crippen LogP contribution in [0.1, 0.15) is 33.1 Å². The van der Waals surface area contributed by atoms with E-state index >= 15 is 0 Å². The van der Waals surface area contributed by atoms with Crippen molar-refractivity contribution in [2.75, 3.05) is 6.61 Å². The maximum Gasteiger partial charge on any atom is 0.294 e. The fourth-order valence-corrected chi connectivity index (χ4v) is 1.12. The van der Waals surface area contributed by atoms with E-state index in [1.54, 1.807) is 0 Å². The van der Waals surface area contributed by atoms with Gasteiger partial charge in [0.15, 0.2) is 0 Å². The van der Waals surface area contributed by atoms with Gasteiger partial charge in [0, 0.05) is 0 Å². The van der Waals surface area contributed by atoms with Crippen LogP contribution in [-0.2, 0) is 9.68 Å². The van der Waals surface area contributed by atoms with E-state index in [4.69, 9.17) is 0 Å². The summed E-state index contributed by atoms with van der Waals surface area (Å²) in [4.78, 5) is 28.3. The Labute approximate surface area is 92.7 Å². The lowest BCUT2D eigenvalue weighted by atomic mass is 10.0. The van der Waals surface area contributed by atoms with Crippen molar-refractivity contribution in [2.45, 2.75) is 39.2 Å². The molecule has 1 atom stereocenters. The molecule has 0 N–H and O–H groups in total. The monoisotopic (exact) mass is 235 g/mol. The van der Waals surface area contributed by atoms with Gasteiger partial charge in [-0.3, -0.25) is 0 Å². The van der Waals surface area contributed by atoms with E-state index in [0.717, 1.165) is 6.42 Å². The first-order chi connectivity index (χ1) is 7.41. The molecule has 93 valence electrons. The highest BCUT2D eigenvalue weighted by Crippen LogP contribution is 2.12. The highest BCUT2D eigenvalue weighted by Gasteiger charge is 2.15. The number of rotatable bonds is 9. The minimum absolute atomic E-state index is 0.347. The Balaban J connectivity index is 3.89. The molecule has 0 aromatic carbocycles. The summed E-state index contributed by atoms with van der Waals surface area (Å²) in [5.74, 6) is 1.19. The number of hydrogen-bond donors (Lipinski definition) is 0.